The molecular weight excluding hydrogens is 144 g/mol. The Balaban J connectivity index is 2.36. The number of nitrogens with zero attached hydrogens (tertiary/aromatic N) is 2. The average molecular weight is 156 g/mol. The number of carbonyl (C=O) groups is 2. The summed E-state index contributed by atoms with van der Waals surface area (Å²) in [5, 5.41) is 0. The molecular formula is C7H12N2O2. The molecule has 11 heavy (non-hydrogen) atoms. The molecule has 0 aliphatic carbocycles. The predicted octanol–water partition coefficient (Wildman–Crippen LogP) is -0.0572. The fourth-order valence-corrected chi connectivity index (χ4v) is 1.12. The van der Waals surface area contributed by atoms with Crippen LogP contribution in [0.1, 0.15) is 6.42 Å². The van der Waals surface area contributed by atoms with E-state index in [4.69, 9.17) is 0 Å². The lowest BCUT2D eigenvalue weighted by molar-refractivity contribution is -0.108. The second-order valence-electron chi connectivity index (χ2n) is 2.65. The van der Waals surface area contributed by atoms with Gasteiger partial charge in [-0.05, 0) is 0 Å². The molecule has 1 aliphatic heterocycles. The van der Waals surface area contributed by atoms with Crippen molar-refractivity contribution in [2.45, 2.75) is 6.42 Å². The highest BCUT2D eigenvalue weighted by molar-refractivity contribution is 5.76. The second kappa shape index (κ2) is 3.37. The van der Waals surface area contributed by atoms with Crippen molar-refractivity contribution < 1.29 is 9.59 Å². The van der Waals surface area contributed by atoms with Gasteiger partial charge in [-0.25, -0.2) is 4.79 Å². The van der Waals surface area contributed by atoms with Gasteiger partial charge >= 0.3 is 6.03 Å². The highest BCUT2D eigenvalue weighted by atomic mass is 16.2. The molecule has 0 aromatic heterocycles. The van der Waals surface area contributed by atoms with E-state index in [-0.39, 0.29) is 6.03 Å². The van der Waals surface area contributed by atoms with Gasteiger partial charge in [0.05, 0.1) is 0 Å². The maximum absolute atomic E-state index is 11.1. The fraction of sp³-hybridized carbons (Fsp3) is 0.714. The third kappa shape index (κ3) is 1.69. The quantitative estimate of drug-likeness (QED) is 0.537. The summed E-state index contributed by atoms with van der Waals surface area (Å²) < 4.78 is 0. The van der Waals surface area contributed by atoms with Crippen LogP contribution in [0.25, 0.3) is 0 Å². The summed E-state index contributed by atoms with van der Waals surface area (Å²) in [6.07, 6.45) is 1.28. The third-order valence-corrected chi connectivity index (χ3v) is 1.82. The summed E-state index contributed by atoms with van der Waals surface area (Å²) in [6.45, 7) is 2.09. The Bertz CT molecular complexity index is 170. The lowest BCUT2D eigenvalue weighted by Crippen LogP contribution is -2.30. The van der Waals surface area contributed by atoms with Crippen molar-refractivity contribution in [3.63, 3.8) is 0 Å². The van der Waals surface area contributed by atoms with Crippen molar-refractivity contribution in [3.8, 4) is 0 Å². The van der Waals surface area contributed by atoms with Crippen LogP contribution in [-0.2, 0) is 4.79 Å². The van der Waals surface area contributed by atoms with Crippen LogP contribution in [0.2, 0.25) is 0 Å². The molecule has 0 aromatic rings. The summed E-state index contributed by atoms with van der Waals surface area (Å²) >= 11 is 0. The Kier molecular flexibility index (Phi) is 2.46. The normalized spacial score (nSPS) is 17.7. The minimum Gasteiger partial charge on any atom is -0.326 e. The molecule has 0 radical (unpaired) electrons. The molecule has 0 N–H and O–H groups in total. The van der Waals surface area contributed by atoms with Crippen molar-refractivity contribution >= 4 is 12.3 Å². The number of rotatable bonds is 3. The van der Waals surface area contributed by atoms with Crippen LogP contribution in [0.4, 0.5) is 4.79 Å². The third-order valence-electron chi connectivity index (χ3n) is 1.82. The first kappa shape index (κ1) is 8.04. The van der Waals surface area contributed by atoms with Gasteiger partial charge in [0.15, 0.2) is 0 Å². The molecule has 1 aliphatic rings. The molecule has 0 saturated carbocycles. The van der Waals surface area contributed by atoms with Crippen molar-refractivity contribution in [1.29, 1.82) is 0 Å². The Morgan fingerprint density at radius 3 is 2.73 bits per heavy atom. The van der Waals surface area contributed by atoms with E-state index in [0.29, 0.717) is 13.0 Å². The number of aldehydes is 1. The zero-order valence-corrected chi connectivity index (χ0v) is 6.62. The number of amides is 2. The van der Waals surface area contributed by atoms with Crippen molar-refractivity contribution in [2.75, 3.05) is 26.7 Å². The maximum Gasteiger partial charge on any atom is 0.319 e. The summed E-state index contributed by atoms with van der Waals surface area (Å²) in [6, 6.07) is 0.0341. The SMILES string of the molecule is CN1CCN(CCC=O)C1=O. The molecule has 62 valence electrons. The van der Waals surface area contributed by atoms with Crippen LogP contribution in [0.3, 0.4) is 0 Å². The average Bonchev–Trinajstić information content (AvgIpc) is 2.31. The van der Waals surface area contributed by atoms with E-state index < -0.39 is 0 Å². The van der Waals surface area contributed by atoms with Crippen LogP contribution in [0, 0.1) is 0 Å². The number of carbonyl (C=O) groups excluding carboxylic acids is 2. The highest BCUT2D eigenvalue weighted by Gasteiger charge is 2.23. The lowest BCUT2D eigenvalue weighted by Gasteiger charge is -2.13. The Labute approximate surface area is 65.8 Å². The summed E-state index contributed by atoms with van der Waals surface area (Å²) in [5.74, 6) is 0. The van der Waals surface area contributed by atoms with E-state index in [1.54, 1.807) is 16.8 Å². The second-order valence-corrected chi connectivity index (χ2v) is 2.65. The van der Waals surface area contributed by atoms with Gasteiger partial charge in [-0.2, -0.15) is 0 Å². The van der Waals surface area contributed by atoms with Crippen LogP contribution in [-0.4, -0.2) is 48.8 Å². The first-order valence-corrected chi connectivity index (χ1v) is 3.69. The fourth-order valence-electron chi connectivity index (χ4n) is 1.12. The van der Waals surface area contributed by atoms with Crippen molar-refractivity contribution in [2.24, 2.45) is 0 Å². The molecule has 4 heteroatoms. The van der Waals surface area contributed by atoms with Crippen LogP contribution in [0.5, 0.6) is 0 Å². The first-order chi connectivity index (χ1) is 5.25. The standard InChI is InChI=1S/C7H12N2O2/c1-8-4-5-9(7(8)11)3-2-6-10/h6H,2-5H2,1H3. The Morgan fingerprint density at radius 2 is 2.27 bits per heavy atom. The largest absolute Gasteiger partial charge is 0.326 e. The van der Waals surface area contributed by atoms with E-state index in [2.05, 4.69) is 0 Å². The summed E-state index contributed by atoms with van der Waals surface area (Å²) in [7, 11) is 1.77. The molecule has 1 rings (SSSR count). The van der Waals surface area contributed by atoms with Gasteiger partial charge in [0.1, 0.15) is 6.29 Å². The monoisotopic (exact) mass is 156 g/mol. The smallest absolute Gasteiger partial charge is 0.319 e. The molecule has 0 spiro atoms. The predicted molar refractivity (Wildman–Crippen MR) is 40.3 cm³/mol. The van der Waals surface area contributed by atoms with Crippen molar-refractivity contribution in [3.05, 3.63) is 0 Å². The van der Waals surface area contributed by atoms with Gasteiger partial charge in [0.2, 0.25) is 0 Å². The topological polar surface area (TPSA) is 40.6 Å². The van der Waals surface area contributed by atoms with Gasteiger partial charge in [-0.3, -0.25) is 0 Å². The lowest BCUT2D eigenvalue weighted by atomic mass is 10.4. The molecule has 0 atom stereocenters. The Morgan fingerprint density at radius 1 is 1.55 bits per heavy atom. The zero-order chi connectivity index (χ0) is 8.27. The molecule has 1 saturated heterocycles. The first-order valence-electron chi connectivity index (χ1n) is 3.69. The van der Waals surface area contributed by atoms with Crippen LogP contribution >= 0.6 is 0 Å². The molecule has 1 heterocycles. The van der Waals surface area contributed by atoms with Gasteiger partial charge < -0.3 is 14.6 Å². The van der Waals surface area contributed by atoms with E-state index in [0.717, 1.165) is 19.4 Å². The van der Waals surface area contributed by atoms with Gasteiger partial charge in [0.25, 0.3) is 0 Å². The van der Waals surface area contributed by atoms with Crippen molar-refractivity contribution in [1.82, 2.24) is 9.80 Å². The van der Waals surface area contributed by atoms with Crippen LogP contribution < -0.4 is 0 Å². The van der Waals surface area contributed by atoms with Crippen LogP contribution in [0.15, 0.2) is 0 Å². The minimum atomic E-state index is 0.0341. The van der Waals surface area contributed by atoms with E-state index in [9.17, 15) is 9.59 Å². The molecule has 0 aromatic carbocycles. The molecule has 2 amide bonds. The molecule has 0 unspecified atom stereocenters. The number of hydrogen-bond acceptors (Lipinski definition) is 2. The highest BCUT2D eigenvalue weighted by Crippen LogP contribution is 2.05. The maximum atomic E-state index is 11.1. The van der Waals surface area contributed by atoms with E-state index in [1.165, 1.54) is 0 Å². The van der Waals surface area contributed by atoms with Gasteiger partial charge in [-0.15, -0.1) is 0 Å². The molecule has 0 bridgehead atoms. The molecule has 4 nitrogen and oxygen atoms in total. The number of likely N-dealkylation sites (N-methyl/N-ethyl adjacent to an activating group) is 1. The summed E-state index contributed by atoms with van der Waals surface area (Å²) in [4.78, 5) is 24.5. The van der Waals surface area contributed by atoms with E-state index >= 15 is 0 Å². The van der Waals surface area contributed by atoms with Gasteiger partial charge in [0, 0.05) is 33.1 Å². The number of urea groups is 1. The number of hydrogen-bond donors (Lipinski definition) is 0. The van der Waals surface area contributed by atoms with Gasteiger partial charge in [-0.1, -0.05) is 0 Å². The van der Waals surface area contributed by atoms with E-state index in [1.807, 2.05) is 0 Å². The zero-order valence-electron chi connectivity index (χ0n) is 6.62. The Hall–Kier alpha value is -1.06. The minimum absolute atomic E-state index is 0.0341. The summed E-state index contributed by atoms with van der Waals surface area (Å²) in [5.41, 5.74) is 0. The molecule has 1 fully saturated rings.